The largest absolute Gasteiger partial charge is 0.413 e. The van der Waals surface area contributed by atoms with Crippen molar-refractivity contribution in [2.45, 2.75) is 122 Å². The van der Waals surface area contributed by atoms with Gasteiger partial charge in [0.25, 0.3) is 0 Å². The third kappa shape index (κ3) is 5.56. The van der Waals surface area contributed by atoms with Gasteiger partial charge in [0, 0.05) is 0 Å². The minimum Gasteiger partial charge on any atom is -0.413 e. The van der Waals surface area contributed by atoms with Crippen molar-refractivity contribution in [2.75, 3.05) is 6.61 Å². The lowest BCUT2D eigenvalue weighted by Gasteiger charge is -2.42. The lowest BCUT2D eigenvalue weighted by molar-refractivity contribution is 0.147. The molecule has 0 radical (unpaired) electrons. The summed E-state index contributed by atoms with van der Waals surface area (Å²) < 4.78 is 19.5. The van der Waals surface area contributed by atoms with Gasteiger partial charge in [-0.1, -0.05) is 67.0 Å². The highest BCUT2D eigenvalue weighted by Gasteiger charge is 2.58. The number of rotatable bonds is 8. The molecule has 0 unspecified atom stereocenters. The molecule has 6 heteroatoms. The number of allylic oxidation sites excluding steroid dienone is 1. The van der Waals surface area contributed by atoms with Crippen molar-refractivity contribution < 1.29 is 18.7 Å². The molecule has 0 amide bonds. The summed E-state index contributed by atoms with van der Waals surface area (Å²) in [6.45, 7) is 25.4. The van der Waals surface area contributed by atoms with Crippen LogP contribution in [0.2, 0.25) is 36.3 Å². The Hall–Kier alpha value is -0.246. The van der Waals surface area contributed by atoms with E-state index < -0.39 is 22.7 Å². The number of aliphatic hydroxyl groups is 1. The van der Waals surface area contributed by atoms with Crippen molar-refractivity contribution >= 4 is 16.6 Å². The van der Waals surface area contributed by atoms with Crippen LogP contribution in [0.25, 0.3) is 0 Å². The van der Waals surface area contributed by atoms with Crippen molar-refractivity contribution in [3.63, 3.8) is 0 Å². The standard InChI is InChI=1S/C24H46O4Si2/c1-12-13-14-15-17-18(16-26-29(8,9)23(2,3)4)20(22-21(27-22)19(17)25)28-30(10,11)24(5,6)7/h14-15,19-22,25H,12-13,16H2,1-11H3/b15-14+/t19-,20+,21+,22-/m0/s1. The summed E-state index contributed by atoms with van der Waals surface area (Å²) in [5.74, 6) is 0. The molecule has 0 saturated carbocycles. The van der Waals surface area contributed by atoms with Crippen molar-refractivity contribution in [1.82, 2.24) is 0 Å². The van der Waals surface area contributed by atoms with E-state index in [1.807, 2.05) is 0 Å². The summed E-state index contributed by atoms with van der Waals surface area (Å²) in [6.07, 6.45) is 5.39. The van der Waals surface area contributed by atoms with Gasteiger partial charge in [0.1, 0.15) is 18.3 Å². The average molecular weight is 455 g/mol. The first-order valence-electron chi connectivity index (χ1n) is 11.6. The van der Waals surface area contributed by atoms with Crippen molar-refractivity contribution in [3.8, 4) is 0 Å². The molecule has 1 heterocycles. The minimum absolute atomic E-state index is 0.0598. The number of unbranched alkanes of at least 4 members (excludes halogenated alkanes) is 1. The zero-order valence-corrected chi connectivity index (χ0v) is 23.3. The molecule has 0 aromatic carbocycles. The first kappa shape index (κ1) is 26.0. The zero-order valence-electron chi connectivity index (χ0n) is 21.3. The van der Waals surface area contributed by atoms with Crippen LogP contribution in [0.3, 0.4) is 0 Å². The number of fused-ring (bicyclic) bond motifs is 1. The summed E-state index contributed by atoms with van der Waals surface area (Å²) in [5.41, 5.74) is 2.04. The van der Waals surface area contributed by atoms with Gasteiger partial charge in [0.2, 0.25) is 0 Å². The predicted molar refractivity (Wildman–Crippen MR) is 131 cm³/mol. The Morgan fingerprint density at radius 3 is 2.03 bits per heavy atom. The molecule has 0 spiro atoms. The normalized spacial score (nSPS) is 28.3. The fraction of sp³-hybridized carbons (Fsp3) is 0.833. The molecule has 1 N–H and O–H groups in total. The van der Waals surface area contributed by atoms with E-state index in [1.165, 1.54) is 0 Å². The van der Waals surface area contributed by atoms with E-state index >= 15 is 0 Å². The summed E-state index contributed by atoms with van der Waals surface area (Å²) >= 11 is 0. The van der Waals surface area contributed by atoms with E-state index in [0.717, 1.165) is 24.0 Å². The Morgan fingerprint density at radius 1 is 0.967 bits per heavy atom. The number of ether oxygens (including phenoxy) is 1. The maximum absolute atomic E-state index is 11.0. The molecule has 2 rings (SSSR count). The van der Waals surface area contributed by atoms with Gasteiger partial charge in [-0.05, 0) is 53.8 Å². The first-order valence-corrected chi connectivity index (χ1v) is 17.4. The molecule has 174 valence electrons. The third-order valence-electron chi connectivity index (χ3n) is 7.58. The third-order valence-corrected chi connectivity index (χ3v) is 16.5. The molecule has 1 aliphatic carbocycles. The molecule has 0 aromatic rings. The van der Waals surface area contributed by atoms with Crippen LogP contribution < -0.4 is 0 Å². The quantitative estimate of drug-likeness (QED) is 0.351. The number of hydrogen-bond donors (Lipinski definition) is 1. The van der Waals surface area contributed by atoms with E-state index in [0.29, 0.717) is 6.61 Å². The average Bonchev–Trinajstić information content (AvgIpc) is 3.36. The number of epoxide rings is 1. The van der Waals surface area contributed by atoms with Crippen molar-refractivity contribution in [2.24, 2.45) is 0 Å². The Labute approximate surface area is 187 Å². The Kier molecular flexibility index (Phi) is 7.76. The maximum atomic E-state index is 11.0. The van der Waals surface area contributed by atoms with Crippen LogP contribution in [-0.2, 0) is 13.6 Å². The van der Waals surface area contributed by atoms with Gasteiger partial charge in [-0.2, -0.15) is 0 Å². The SMILES string of the molecule is CCC/C=C/C1=C(CO[Si](C)(C)C(C)(C)C)[C@@H](O[Si](C)(C)C(C)(C)C)[C@@H]2O[C@@H]2[C@H]1O. The second kappa shape index (κ2) is 8.95. The summed E-state index contributed by atoms with van der Waals surface area (Å²) in [5, 5.41) is 11.2. The smallest absolute Gasteiger partial charge is 0.193 e. The second-order valence-corrected chi connectivity index (χ2v) is 21.6. The summed E-state index contributed by atoms with van der Waals surface area (Å²) in [6, 6.07) is 0. The fourth-order valence-corrected chi connectivity index (χ4v) is 5.43. The molecule has 4 atom stereocenters. The lowest BCUT2D eigenvalue weighted by atomic mass is 9.87. The van der Waals surface area contributed by atoms with Gasteiger partial charge in [0.05, 0.1) is 12.7 Å². The van der Waals surface area contributed by atoms with Crippen LogP contribution in [0.1, 0.15) is 61.3 Å². The van der Waals surface area contributed by atoms with Crippen LogP contribution in [-0.4, -0.2) is 52.8 Å². The highest BCUT2D eigenvalue weighted by molar-refractivity contribution is 6.74. The highest BCUT2D eigenvalue weighted by atomic mass is 28.4. The molecule has 0 aromatic heterocycles. The molecule has 1 saturated heterocycles. The molecule has 4 nitrogen and oxygen atoms in total. The van der Waals surface area contributed by atoms with Gasteiger partial charge in [-0.15, -0.1) is 0 Å². The highest BCUT2D eigenvalue weighted by Crippen LogP contribution is 2.47. The van der Waals surface area contributed by atoms with Gasteiger partial charge < -0.3 is 18.7 Å². The minimum atomic E-state index is -2.01. The zero-order chi connectivity index (χ0) is 23.1. The second-order valence-electron chi connectivity index (χ2n) is 12.0. The lowest BCUT2D eigenvalue weighted by Crippen LogP contribution is -2.49. The molecule has 1 fully saturated rings. The van der Waals surface area contributed by atoms with Gasteiger partial charge in [-0.25, -0.2) is 0 Å². The molecular weight excluding hydrogens is 408 g/mol. The van der Waals surface area contributed by atoms with Crippen molar-refractivity contribution in [1.29, 1.82) is 0 Å². The molecular formula is C24H46O4Si2. The van der Waals surface area contributed by atoms with Crippen molar-refractivity contribution in [3.05, 3.63) is 23.3 Å². The Balaban J connectivity index is 2.42. The number of hydrogen-bond acceptors (Lipinski definition) is 4. The van der Waals surface area contributed by atoms with Gasteiger partial charge >= 0.3 is 0 Å². The van der Waals surface area contributed by atoms with Crippen LogP contribution >= 0.6 is 0 Å². The van der Waals surface area contributed by atoms with E-state index in [9.17, 15) is 5.11 Å². The Bertz CT molecular complexity index is 668. The van der Waals surface area contributed by atoms with Crippen LogP contribution in [0, 0.1) is 0 Å². The molecule has 1 aliphatic heterocycles. The van der Waals surface area contributed by atoms with E-state index in [1.54, 1.807) is 0 Å². The predicted octanol–water partition coefficient (Wildman–Crippen LogP) is 6.19. The molecule has 30 heavy (non-hydrogen) atoms. The number of aliphatic hydroxyl groups excluding tert-OH is 1. The van der Waals surface area contributed by atoms with Gasteiger partial charge in [-0.3, -0.25) is 0 Å². The Morgan fingerprint density at radius 2 is 1.53 bits per heavy atom. The molecule has 2 aliphatic rings. The maximum Gasteiger partial charge on any atom is 0.193 e. The van der Waals surface area contributed by atoms with E-state index in [2.05, 4.69) is 86.8 Å². The summed E-state index contributed by atoms with van der Waals surface area (Å²) in [7, 11) is -3.95. The van der Waals surface area contributed by atoms with E-state index in [-0.39, 0.29) is 28.4 Å². The van der Waals surface area contributed by atoms with Crippen LogP contribution in [0.4, 0.5) is 0 Å². The fourth-order valence-electron chi connectivity index (χ4n) is 3.22. The molecule has 0 bridgehead atoms. The first-order chi connectivity index (χ1) is 13.5. The monoisotopic (exact) mass is 454 g/mol. The van der Waals surface area contributed by atoms with Crippen LogP contribution in [0.5, 0.6) is 0 Å². The van der Waals surface area contributed by atoms with E-state index in [4.69, 9.17) is 13.6 Å². The summed E-state index contributed by atoms with van der Waals surface area (Å²) in [4.78, 5) is 0. The topological polar surface area (TPSA) is 51.2 Å². The van der Waals surface area contributed by atoms with Crippen LogP contribution in [0.15, 0.2) is 23.3 Å². The van der Waals surface area contributed by atoms with Gasteiger partial charge in [0.15, 0.2) is 16.6 Å².